The van der Waals surface area contributed by atoms with Gasteiger partial charge < -0.3 is 9.73 Å². The molecule has 0 spiro atoms. The van der Waals surface area contributed by atoms with Crippen LogP contribution in [0.4, 0.5) is 5.69 Å². The predicted molar refractivity (Wildman–Crippen MR) is 76.0 cm³/mol. The molecular formula is C15H12N2O3. The number of amides is 1. The van der Waals surface area contributed by atoms with Crippen molar-refractivity contribution >= 4 is 22.7 Å². The van der Waals surface area contributed by atoms with Gasteiger partial charge >= 0.3 is 5.76 Å². The van der Waals surface area contributed by atoms with E-state index in [1.54, 1.807) is 30.3 Å². The second-order valence-corrected chi connectivity index (χ2v) is 4.55. The van der Waals surface area contributed by atoms with Gasteiger partial charge in [0.2, 0.25) is 0 Å². The summed E-state index contributed by atoms with van der Waals surface area (Å²) in [5, 5.41) is 2.76. The van der Waals surface area contributed by atoms with Crippen LogP contribution >= 0.6 is 0 Å². The first-order valence-corrected chi connectivity index (χ1v) is 6.13. The van der Waals surface area contributed by atoms with Gasteiger partial charge in [-0.05, 0) is 31.2 Å². The van der Waals surface area contributed by atoms with Gasteiger partial charge in [0.1, 0.15) is 0 Å². The van der Waals surface area contributed by atoms with Crippen molar-refractivity contribution in [1.29, 1.82) is 0 Å². The quantitative estimate of drug-likeness (QED) is 0.750. The molecule has 0 atom stereocenters. The van der Waals surface area contributed by atoms with Crippen molar-refractivity contribution in [3.63, 3.8) is 0 Å². The van der Waals surface area contributed by atoms with Crippen molar-refractivity contribution in [3.05, 3.63) is 64.1 Å². The number of aryl methyl sites for hydroxylation is 1. The summed E-state index contributed by atoms with van der Waals surface area (Å²) in [6.07, 6.45) is 0. The number of H-pyrrole nitrogens is 1. The molecule has 3 aromatic rings. The third-order valence-electron chi connectivity index (χ3n) is 2.99. The molecule has 0 aliphatic rings. The van der Waals surface area contributed by atoms with Crippen LogP contribution < -0.4 is 11.1 Å². The Balaban J connectivity index is 1.86. The molecular weight excluding hydrogens is 256 g/mol. The van der Waals surface area contributed by atoms with E-state index < -0.39 is 5.76 Å². The summed E-state index contributed by atoms with van der Waals surface area (Å²) in [4.78, 5) is 25.7. The Morgan fingerprint density at radius 3 is 2.65 bits per heavy atom. The van der Waals surface area contributed by atoms with Gasteiger partial charge in [-0.25, -0.2) is 4.79 Å². The van der Waals surface area contributed by atoms with Gasteiger partial charge in [0, 0.05) is 17.3 Å². The second kappa shape index (κ2) is 4.70. The van der Waals surface area contributed by atoms with E-state index >= 15 is 0 Å². The highest BCUT2D eigenvalue weighted by Gasteiger charge is 2.07. The number of rotatable bonds is 2. The summed E-state index contributed by atoms with van der Waals surface area (Å²) in [7, 11) is 0. The summed E-state index contributed by atoms with van der Waals surface area (Å²) in [5.74, 6) is -0.718. The molecule has 0 unspecified atom stereocenters. The number of carbonyl (C=O) groups excluding carboxylic acids is 1. The van der Waals surface area contributed by atoms with Gasteiger partial charge in [-0.1, -0.05) is 17.7 Å². The molecule has 20 heavy (non-hydrogen) atoms. The van der Waals surface area contributed by atoms with Crippen LogP contribution in [0.15, 0.2) is 51.7 Å². The molecule has 0 saturated heterocycles. The van der Waals surface area contributed by atoms with Crippen LogP contribution in [0.2, 0.25) is 0 Å². The summed E-state index contributed by atoms with van der Waals surface area (Å²) < 4.78 is 4.95. The molecule has 5 nitrogen and oxygen atoms in total. The smallest absolute Gasteiger partial charge is 0.408 e. The number of hydrogen-bond donors (Lipinski definition) is 2. The Kier molecular flexibility index (Phi) is 2.87. The van der Waals surface area contributed by atoms with E-state index in [1.807, 2.05) is 19.1 Å². The number of nitrogens with one attached hydrogen (secondary N) is 2. The number of oxazole rings is 1. The zero-order valence-corrected chi connectivity index (χ0v) is 10.8. The zero-order chi connectivity index (χ0) is 14.1. The predicted octanol–water partition coefficient (Wildman–Crippen LogP) is 2.68. The number of aromatic amines is 1. The van der Waals surface area contributed by atoms with Gasteiger partial charge in [-0.3, -0.25) is 9.78 Å². The maximum absolute atomic E-state index is 12.1. The molecule has 1 amide bonds. The van der Waals surface area contributed by atoms with Crippen molar-refractivity contribution in [2.45, 2.75) is 6.92 Å². The van der Waals surface area contributed by atoms with Crippen LogP contribution in [0.25, 0.3) is 11.1 Å². The van der Waals surface area contributed by atoms with E-state index in [0.717, 1.165) is 5.56 Å². The van der Waals surface area contributed by atoms with E-state index in [-0.39, 0.29) is 5.91 Å². The molecule has 3 rings (SSSR count). The van der Waals surface area contributed by atoms with Crippen molar-refractivity contribution in [3.8, 4) is 0 Å². The van der Waals surface area contributed by atoms with Crippen LogP contribution in [0.1, 0.15) is 15.9 Å². The number of hydrogen-bond acceptors (Lipinski definition) is 3. The van der Waals surface area contributed by atoms with Crippen LogP contribution in [0, 0.1) is 6.92 Å². The number of fused-ring (bicyclic) bond motifs is 1. The van der Waals surface area contributed by atoms with E-state index in [4.69, 9.17) is 4.42 Å². The van der Waals surface area contributed by atoms with Crippen molar-refractivity contribution < 1.29 is 9.21 Å². The topological polar surface area (TPSA) is 75.1 Å². The summed E-state index contributed by atoms with van der Waals surface area (Å²) in [6, 6.07) is 12.3. The SMILES string of the molecule is Cc1ccc(C(=O)Nc2ccc3[nH]c(=O)oc3c2)cc1. The van der Waals surface area contributed by atoms with Crippen molar-refractivity contribution in [2.75, 3.05) is 5.32 Å². The third kappa shape index (κ3) is 2.33. The molecule has 2 aromatic carbocycles. The van der Waals surface area contributed by atoms with E-state index in [9.17, 15) is 9.59 Å². The molecule has 2 N–H and O–H groups in total. The average Bonchev–Trinajstić information content (AvgIpc) is 2.78. The average molecular weight is 268 g/mol. The lowest BCUT2D eigenvalue weighted by Gasteiger charge is -2.05. The van der Waals surface area contributed by atoms with Crippen LogP contribution in [0.5, 0.6) is 0 Å². The highest BCUT2D eigenvalue weighted by molar-refractivity contribution is 6.04. The van der Waals surface area contributed by atoms with Gasteiger partial charge in [-0.15, -0.1) is 0 Å². The largest absolute Gasteiger partial charge is 0.417 e. The van der Waals surface area contributed by atoms with Crippen LogP contribution in [-0.2, 0) is 0 Å². The molecule has 0 saturated carbocycles. The lowest BCUT2D eigenvalue weighted by Crippen LogP contribution is -2.11. The van der Waals surface area contributed by atoms with E-state index in [1.165, 1.54) is 0 Å². The fraction of sp³-hybridized carbons (Fsp3) is 0.0667. The zero-order valence-electron chi connectivity index (χ0n) is 10.8. The molecule has 0 bridgehead atoms. The first kappa shape index (κ1) is 12.2. The first-order chi connectivity index (χ1) is 9.61. The highest BCUT2D eigenvalue weighted by Crippen LogP contribution is 2.17. The van der Waals surface area contributed by atoms with Crippen molar-refractivity contribution in [1.82, 2.24) is 4.98 Å². The van der Waals surface area contributed by atoms with E-state index in [0.29, 0.717) is 22.4 Å². The lowest BCUT2D eigenvalue weighted by molar-refractivity contribution is 0.102. The highest BCUT2D eigenvalue weighted by atomic mass is 16.4. The van der Waals surface area contributed by atoms with Gasteiger partial charge in [-0.2, -0.15) is 0 Å². The van der Waals surface area contributed by atoms with Crippen LogP contribution in [0.3, 0.4) is 0 Å². The maximum atomic E-state index is 12.1. The van der Waals surface area contributed by atoms with Gasteiger partial charge in [0.15, 0.2) is 5.58 Å². The molecule has 0 aliphatic heterocycles. The first-order valence-electron chi connectivity index (χ1n) is 6.13. The third-order valence-corrected chi connectivity index (χ3v) is 2.99. The standard InChI is InChI=1S/C15H12N2O3/c1-9-2-4-10(5-3-9)14(18)16-11-6-7-12-13(8-11)20-15(19)17-12/h2-8H,1H3,(H,16,18)(H,17,19). The molecule has 1 heterocycles. The summed E-state index contributed by atoms with van der Waals surface area (Å²) >= 11 is 0. The minimum atomic E-state index is -0.512. The maximum Gasteiger partial charge on any atom is 0.417 e. The Hall–Kier alpha value is -2.82. The normalized spacial score (nSPS) is 10.7. The van der Waals surface area contributed by atoms with Crippen LogP contribution in [-0.4, -0.2) is 10.9 Å². The molecule has 5 heteroatoms. The summed E-state index contributed by atoms with van der Waals surface area (Å²) in [5.41, 5.74) is 3.26. The van der Waals surface area contributed by atoms with Gasteiger partial charge in [0.25, 0.3) is 5.91 Å². The minimum Gasteiger partial charge on any atom is -0.408 e. The summed E-state index contributed by atoms with van der Waals surface area (Å²) in [6.45, 7) is 1.96. The Labute approximate surface area is 114 Å². The Bertz CT molecular complexity index is 828. The monoisotopic (exact) mass is 268 g/mol. The van der Waals surface area contributed by atoms with Gasteiger partial charge in [0.05, 0.1) is 5.52 Å². The Morgan fingerprint density at radius 2 is 1.90 bits per heavy atom. The molecule has 0 radical (unpaired) electrons. The second-order valence-electron chi connectivity index (χ2n) is 4.55. The van der Waals surface area contributed by atoms with Crippen molar-refractivity contribution in [2.24, 2.45) is 0 Å². The fourth-order valence-corrected chi connectivity index (χ4v) is 1.93. The molecule has 1 aromatic heterocycles. The molecule has 0 fully saturated rings. The molecule has 100 valence electrons. The fourth-order valence-electron chi connectivity index (χ4n) is 1.93. The number of carbonyl (C=O) groups is 1. The number of anilines is 1. The minimum absolute atomic E-state index is 0.206. The number of benzene rings is 2. The van der Waals surface area contributed by atoms with E-state index in [2.05, 4.69) is 10.3 Å². The Morgan fingerprint density at radius 1 is 1.15 bits per heavy atom. The lowest BCUT2D eigenvalue weighted by atomic mass is 10.1. The molecule has 0 aliphatic carbocycles. The number of aromatic nitrogens is 1.